The molecule has 6 atom stereocenters. The Morgan fingerprint density at radius 2 is 1.86 bits per heavy atom. The zero-order valence-corrected chi connectivity index (χ0v) is 16.5. The lowest BCUT2D eigenvalue weighted by atomic mass is 9.95. The van der Waals surface area contributed by atoms with E-state index >= 15 is 0 Å². The molecule has 4 rings (SSSR count). The molecular formula is C21H22ClNO6. The van der Waals surface area contributed by atoms with Gasteiger partial charge in [-0.15, -0.1) is 0 Å². The SMILES string of the molecule is CC(=O)NC1C(Oc2ccc(Cl)cc2)OC2COC(c3ccccc3)OC2C1O. The average molecular weight is 420 g/mol. The summed E-state index contributed by atoms with van der Waals surface area (Å²) in [5, 5.41) is 14.3. The molecule has 1 amide bonds. The molecule has 2 N–H and O–H groups in total. The number of benzene rings is 2. The standard InChI is InChI=1S/C21H22ClNO6/c1-12(24)23-17-18(25)19-16(11-26-20(29-19)13-5-3-2-4-6-13)28-21(17)27-15-9-7-14(22)8-10-15/h2-10,16-21,25H,11H2,1H3,(H,23,24). The Hall–Kier alpha value is -2.16. The highest BCUT2D eigenvalue weighted by atomic mass is 35.5. The lowest BCUT2D eigenvalue weighted by molar-refractivity contribution is -0.333. The largest absolute Gasteiger partial charge is 0.463 e. The Balaban J connectivity index is 1.53. The van der Waals surface area contributed by atoms with Crippen LogP contribution in [0.5, 0.6) is 5.75 Å². The highest BCUT2D eigenvalue weighted by molar-refractivity contribution is 6.30. The van der Waals surface area contributed by atoms with Gasteiger partial charge in [0.25, 0.3) is 0 Å². The number of carbonyl (C=O) groups is 1. The summed E-state index contributed by atoms with van der Waals surface area (Å²) in [5.41, 5.74) is 0.841. The van der Waals surface area contributed by atoms with E-state index in [1.807, 2.05) is 30.3 Å². The van der Waals surface area contributed by atoms with E-state index < -0.39 is 36.9 Å². The third-order valence-electron chi connectivity index (χ3n) is 4.87. The van der Waals surface area contributed by atoms with Gasteiger partial charge < -0.3 is 29.4 Å². The second-order valence-electron chi connectivity index (χ2n) is 7.01. The molecule has 6 unspecified atom stereocenters. The van der Waals surface area contributed by atoms with Crippen molar-refractivity contribution in [1.29, 1.82) is 0 Å². The summed E-state index contributed by atoms with van der Waals surface area (Å²) < 4.78 is 23.7. The molecule has 0 aliphatic carbocycles. The van der Waals surface area contributed by atoms with Crippen molar-refractivity contribution in [2.45, 2.75) is 43.9 Å². The normalized spacial score (nSPS) is 31.6. The molecule has 2 aliphatic heterocycles. The summed E-state index contributed by atoms with van der Waals surface area (Å²) in [7, 11) is 0. The van der Waals surface area contributed by atoms with Crippen molar-refractivity contribution in [2.24, 2.45) is 0 Å². The third kappa shape index (κ3) is 4.55. The van der Waals surface area contributed by atoms with Crippen molar-refractivity contribution in [3.05, 3.63) is 65.2 Å². The summed E-state index contributed by atoms with van der Waals surface area (Å²) in [5.74, 6) is 0.188. The fraction of sp³-hybridized carbons (Fsp3) is 0.381. The predicted molar refractivity (Wildman–Crippen MR) is 104 cm³/mol. The Morgan fingerprint density at radius 1 is 1.14 bits per heavy atom. The number of carbonyl (C=O) groups excluding carboxylic acids is 1. The number of aliphatic hydroxyl groups excluding tert-OH is 1. The van der Waals surface area contributed by atoms with Gasteiger partial charge in [0.15, 0.2) is 6.29 Å². The third-order valence-corrected chi connectivity index (χ3v) is 5.13. The van der Waals surface area contributed by atoms with Gasteiger partial charge in [0.2, 0.25) is 12.2 Å². The molecule has 154 valence electrons. The molecular weight excluding hydrogens is 398 g/mol. The van der Waals surface area contributed by atoms with Crippen LogP contribution in [0.2, 0.25) is 5.02 Å². The number of halogens is 1. The first-order valence-corrected chi connectivity index (χ1v) is 9.74. The maximum Gasteiger partial charge on any atom is 0.223 e. The van der Waals surface area contributed by atoms with Crippen molar-refractivity contribution in [1.82, 2.24) is 5.32 Å². The molecule has 2 aliphatic rings. The Morgan fingerprint density at radius 3 is 2.55 bits per heavy atom. The first-order valence-electron chi connectivity index (χ1n) is 9.36. The van der Waals surface area contributed by atoms with Crippen molar-refractivity contribution in [3.8, 4) is 5.75 Å². The summed E-state index contributed by atoms with van der Waals surface area (Å²) in [4.78, 5) is 11.7. The maximum absolute atomic E-state index is 11.7. The van der Waals surface area contributed by atoms with Crippen LogP contribution in [0.15, 0.2) is 54.6 Å². The second-order valence-corrected chi connectivity index (χ2v) is 7.44. The molecule has 2 aromatic rings. The molecule has 7 nitrogen and oxygen atoms in total. The van der Waals surface area contributed by atoms with Gasteiger partial charge in [0, 0.05) is 17.5 Å². The molecule has 2 heterocycles. The highest BCUT2D eigenvalue weighted by Crippen LogP contribution is 2.34. The Bertz CT molecular complexity index is 833. The number of fused-ring (bicyclic) bond motifs is 1. The molecule has 0 bridgehead atoms. The predicted octanol–water partition coefficient (Wildman–Crippen LogP) is 2.42. The number of ether oxygens (including phenoxy) is 4. The van der Waals surface area contributed by atoms with E-state index in [9.17, 15) is 9.90 Å². The maximum atomic E-state index is 11.7. The van der Waals surface area contributed by atoms with Crippen LogP contribution in [-0.4, -0.2) is 48.3 Å². The van der Waals surface area contributed by atoms with Gasteiger partial charge in [-0.2, -0.15) is 0 Å². The first kappa shape index (κ1) is 20.1. The van der Waals surface area contributed by atoms with E-state index in [1.165, 1.54) is 6.92 Å². The number of hydrogen-bond acceptors (Lipinski definition) is 6. The molecule has 8 heteroatoms. The van der Waals surface area contributed by atoms with Gasteiger partial charge >= 0.3 is 0 Å². The van der Waals surface area contributed by atoms with E-state index in [2.05, 4.69) is 5.32 Å². The van der Waals surface area contributed by atoms with Gasteiger partial charge in [-0.25, -0.2) is 0 Å². The van der Waals surface area contributed by atoms with Crippen molar-refractivity contribution in [2.75, 3.05) is 6.61 Å². The average Bonchev–Trinajstić information content (AvgIpc) is 2.73. The zero-order valence-electron chi connectivity index (χ0n) is 15.7. The number of amides is 1. The van der Waals surface area contributed by atoms with Crippen LogP contribution in [0, 0.1) is 0 Å². The summed E-state index contributed by atoms with van der Waals surface area (Å²) in [6.45, 7) is 1.59. The van der Waals surface area contributed by atoms with Crippen LogP contribution in [0.3, 0.4) is 0 Å². The van der Waals surface area contributed by atoms with Gasteiger partial charge in [-0.3, -0.25) is 4.79 Å². The fourth-order valence-electron chi connectivity index (χ4n) is 3.51. The first-order chi connectivity index (χ1) is 14.0. The van der Waals surface area contributed by atoms with E-state index in [-0.39, 0.29) is 12.5 Å². The molecule has 2 aromatic carbocycles. The monoisotopic (exact) mass is 419 g/mol. The number of rotatable bonds is 4. The van der Waals surface area contributed by atoms with Crippen molar-refractivity contribution < 1.29 is 28.8 Å². The molecule has 0 aromatic heterocycles. The van der Waals surface area contributed by atoms with Crippen molar-refractivity contribution >= 4 is 17.5 Å². The molecule has 2 saturated heterocycles. The minimum atomic E-state index is -1.05. The number of nitrogens with one attached hydrogen (secondary N) is 1. The lowest BCUT2D eigenvalue weighted by Crippen LogP contribution is -2.67. The quantitative estimate of drug-likeness (QED) is 0.791. The van der Waals surface area contributed by atoms with Gasteiger partial charge in [-0.1, -0.05) is 41.9 Å². The smallest absolute Gasteiger partial charge is 0.223 e. The van der Waals surface area contributed by atoms with Crippen molar-refractivity contribution in [3.63, 3.8) is 0 Å². The Kier molecular flexibility index (Phi) is 6.03. The van der Waals surface area contributed by atoms with Crippen LogP contribution in [0.4, 0.5) is 0 Å². The van der Waals surface area contributed by atoms with E-state index in [0.717, 1.165) is 5.56 Å². The minimum Gasteiger partial charge on any atom is -0.463 e. The topological polar surface area (TPSA) is 86.3 Å². The number of aliphatic hydroxyl groups is 1. The fourth-order valence-corrected chi connectivity index (χ4v) is 3.63. The van der Waals surface area contributed by atoms with Crippen LogP contribution in [0.25, 0.3) is 0 Å². The molecule has 0 spiro atoms. The summed E-state index contributed by atoms with van der Waals surface area (Å²) >= 11 is 5.91. The van der Waals surface area contributed by atoms with Gasteiger partial charge in [0.05, 0.1) is 6.61 Å². The number of hydrogen-bond donors (Lipinski definition) is 2. The second kappa shape index (κ2) is 8.69. The van der Waals surface area contributed by atoms with Crippen LogP contribution in [0.1, 0.15) is 18.8 Å². The van der Waals surface area contributed by atoms with Crippen LogP contribution in [-0.2, 0) is 19.0 Å². The lowest BCUT2D eigenvalue weighted by Gasteiger charge is -2.47. The van der Waals surface area contributed by atoms with E-state index in [1.54, 1.807) is 24.3 Å². The molecule has 0 radical (unpaired) electrons. The Labute approximate surface area is 173 Å². The summed E-state index contributed by atoms with van der Waals surface area (Å²) in [6.07, 6.45) is -3.83. The highest BCUT2D eigenvalue weighted by Gasteiger charge is 2.50. The molecule has 29 heavy (non-hydrogen) atoms. The van der Waals surface area contributed by atoms with E-state index in [4.69, 9.17) is 30.5 Å². The van der Waals surface area contributed by atoms with Crippen LogP contribution >= 0.6 is 11.6 Å². The van der Waals surface area contributed by atoms with E-state index in [0.29, 0.717) is 10.8 Å². The molecule has 2 fully saturated rings. The zero-order chi connectivity index (χ0) is 20.4. The summed E-state index contributed by atoms with van der Waals surface area (Å²) in [6, 6.07) is 15.4. The van der Waals surface area contributed by atoms with Gasteiger partial charge in [0.1, 0.15) is 30.1 Å². The minimum absolute atomic E-state index is 0.217. The molecule has 0 saturated carbocycles. The van der Waals surface area contributed by atoms with Gasteiger partial charge in [-0.05, 0) is 24.3 Å². The van der Waals surface area contributed by atoms with Crippen LogP contribution < -0.4 is 10.1 Å².